The van der Waals surface area contributed by atoms with Gasteiger partial charge in [0.2, 0.25) is 5.91 Å². The molecule has 0 aromatic heterocycles. The fourth-order valence-corrected chi connectivity index (χ4v) is 1.84. The molecular formula is C7H12FNO3S. The fourth-order valence-electron chi connectivity index (χ4n) is 1.43. The lowest BCUT2D eigenvalue weighted by atomic mass is 10.2. The van der Waals surface area contributed by atoms with E-state index in [0.29, 0.717) is 6.42 Å². The Labute approximate surface area is 76.9 Å². The molecule has 76 valence electrons. The van der Waals surface area contributed by atoms with Crippen molar-refractivity contribution in [1.82, 2.24) is 4.90 Å². The molecule has 4 nitrogen and oxygen atoms in total. The number of amides is 1. The number of carbonyl (C=O) groups is 1. The molecule has 1 rings (SSSR count). The maximum Gasteiger partial charge on any atom is 0.304 e. The first kappa shape index (κ1) is 10.4. The predicted octanol–water partition coefficient (Wildman–Crippen LogP) is 0.297. The van der Waals surface area contributed by atoms with E-state index in [2.05, 4.69) is 0 Å². The van der Waals surface area contributed by atoms with E-state index in [4.69, 9.17) is 0 Å². The van der Waals surface area contributed by atoms with Crippen molar-refractivity contribution in [3.63, 3.8) is 0 Å². The molecular weight excluding hydrogens is 197 g/mol. The molecule has 0 aliphatic carbocycles. The Hall–Kier alpha value is -0.650. The van der Waals surface area contributed by atoms with Gasteiger partial charge in [-0.25, -0.2) is 0 Å². The molecule has 1 aliphatic rings. The maximum absolute atomic E-state index is 12.1. The second-order valence-corrected chi connectivity index (χ2v) is 4.70. The molecule has 1 aliphatic heterocycles. The van der Waals surface area contributed by atoms with Crippen LogP contribution in [0, 0.1) is 0 Å². The first-order valence-electron chi connectivity index (χ1n) is 4.12. The first-order valence-corrected chi connectivity index (χ1v) is 5.67. The van der Waals surface area contributed by atoms with Gasteiger partial charge in [-0.2, -0.15) is 8.42 Å². The van der Waals surface area contributed by atoms with E-state index in [1.54, 1.807) is 0 Å². The van der Waals surface area contributed by atoms with E-state index in [-0.39, 0.29) is 18.5 Å². The van der Waals surface area contributed by atoms with Gasteiger partial charge in [0.1, 0.15) is 0 Å². The third-order valence-electron chi connectivity index (χ3n) is 2.20. The highest BCUT2D eigenvalue weighted by molar-refractivity contribution is 7.86. The molecule has 0 radical (unpaired) electrons. The SMILES string of the molecule is CC1CCC(=O)N1CCS(=O)(=O)F. The highest BCUT2D eigenvalue weighted by Gasteiger charge is 2.28. The summed E-state index contributed by atoms with van der Waals surface area (Å²) >= 11 is 0. The Morgan fingerprint density at radius 3 is 2.62 bits per heavy atom. The topological polar surface area (TPSA) is 54.5 Å². The Morgan fingerprint density at radius 2 is 2.23 bits per heavy atom. The van der Waals surface area contributed by atoms with Gasteiger partial charge in [-0.1, -0.05) is 0 Å². The lowest BCUT2D eigenvalue weighted by Gasteiger charge is -2.20. The number of carbonyl (C=O) groups excluding carboxylic acids is 1. The predicted molar refractivity (Wildman–Crippen MR) is 45.3 cm³/mol. The van der Waals surface area contributed by atoms with E-state index in [1.807, 2.05) is 6.92 Å². The molecule has 0 bridgehead atoms. The zero-order valence-electron chi connectivity index (χ0n) is 7.36. The van der Waals surface area contributed by atoms with Crippen molar-refractivity contribution in [3.8, 4) is 0 Å². The van der Waals surface area contributed by atoms with Crippen LogP contribution in [0.3, 0.4) is 0 Å². The summed E-state index contributed by atoms with van der Waals surface area (Å²) in [7, 11) is -4.45. The monoisotopic (exact) mass is 209 g/mol. The van der Waals surface area contributed by atoms with Crippen molar-refractivity contribution in [2.45, 2.75) is 25.8 Å². The number of nitrogens with zero attached hydrogens (tertiary/aromatic N) is 1. The van der Waals surface area contributed by atoms with Gasteiger partial charge in [0.15, 0.2) is 0 Å². The van der Waals surface area contributed by atoms with Crippen molar-refractivity contribution in [2.75, 3.05) is 12.3 Å². The molecule has 0 N–H and O–H groups in total. The summed E-state index contributed by atoms with van der Waals surface area (Å²) in [6.45, 7) is 1.80. The van der Waals surface area contributed by atoms with Crippen LogP contribution in [0.2, 0.25) is 0 Å². The highest BCUT2D eigenvalue weighted by atomic mass is 32.3. The van der Waals surface area contributed by atoms with Crippen molar-refractivity contribution in [2.24, 2.45) is 0 Å². The Balaban J connectivity index is 2.49. The minimum Gasteiger partial charge on any atom is -0.339 e. The highest BCUT2D eigenvalue weighted by Crippen LogP contribution is 2.17. The van der Waals surface area contributed by atoms with Crippen molar-refractivity contribution in [1.29, 1.82) is 0 Å². The van der Waals surface area contributed by atoms with Crippen LogP contribution in [-0.4, -0.2) is 37.6 Å². The number of likely N-dealkylation sites (tertiary alicyclic amines) is 1. The van der Waals surface area contributed by atoms with Gasteiger partial charge in [-0.05, 0) is 13.3 Å². The van der Waals surface area contributed by atoms with Crippen LogP contribution in [0.1, 0.15) is 19.8 Å². The summed E-state index contributed by atoms with van der Waals surface area (Å²) in [4.78, 5) is 12.5. The van der Waals surface area contributed by atoms with E-state index in [0.717, 1.165) is 6.42 Å². The van der Waals surface area contributed by atoms with Crippen LogP contribution in [-0.2, 0) is 15.0 Å². The van der Waals surface area contributed by atoms with E-state index in [9.17, 15) is 17.1 Å². The van der Waals surface area contributed by atoms with E-state index in [1.165, 1.54) is 4.90 Å². The minimum atomic E-state index is -4.45. The number of rotatable bonds is 3. The average molecular weight is 209 g/mol. The minimum absolute atomic E-state index is 0.0289. The van der Waals surface area contributed by atoms with Gasteiger partial charge in [0.05, 0.1) is 5.75 Å². The smallest absolute Gasteiger partial charge is 0.304 e. The third kappa shape index (κ3) is 2.95. The van der Waals surface area contributed by atoms with Gasteiger partial charge in [-0.3, -0.25) is 4.79 Å². The molecule has 1 saturated heterocycles. The first-order chi connectivity index (χ1) is 5.90. The molecule has 0 spiro atoms. The molecule has 13 heavy (non-hydrogen) atoms. The Kier molecular flexibility index (Phi) is 2.90. The molecule has 6 heteroatoms. The number of halogens is 1. The summed E-state index contributed by atoms with van der Waals surface area (Å²) in [5, 5.41) is 0. The van der Waals surface area contributed by atoms with E-state index >= 15 is 0 Å². The second kappa shape index (κ2) is 3.61. The van der Waals surface area contributed by atoms with Crippen molar-refractivity contribution >= 4 is 16.1 Å². The summed E-state index contributed by atoms with van der Waals surface area (Å²) in [6.07, 6.45) is 1.17. The molecule has 1 atom stereocenters. The van der Waals surface area contributed by atoms with Crippen LogP contribution >= 0.6 is 0 Å². The number of hydrogen-bond acceptors (Lipinski definition) is 3. The number of hydrogen-bond donors (Lipinski definition) is 0. The van der Waals surface area contributed by atoms with Crippen LogP contribution < -0.4 is 0 Å². The van der Waals surface area contributed by atoms with Crippen LogP contribution in [0.5, 0.6) is 0 Å². The zero-order valence-corrected chi connectivity index (χ0v) is 8.18. The standard InChI is InChI=1S/C7H12FNO3S/c1-6-2-3-7(10)9(6)4-5-13(8,11)12/h6H,2-5H2,1H3. The summed E-state index contributed by atoms with van der Waals surface area (Å²) in [6, 6.07) is 0.0363. The maximum atomic E-state index is 12.1. The van der Waals surface area contributed by atoms with Gasteiger partial charge in [0.25, 0.3) is 0 Å². The third-order valence-corrected chi connectivity index (χ3v) is 2.87. The molecule has 0 aromatic carbocycles. The van der Waals surface area contributed by atoms with Gasteiger partial charge in [-0.15, -0.1) is 3.89 Å². The second-order valence-electron chi connectivity index (χ2n) is 3.22. The lowest BCUT2D eigenvalue weighted by molar-refractivity contribution is -0.128. The van der Waals surface area contributed by atoms with Crippen LogP contribution in [0.4, 0.5) is 3.89 Å². The van der Waals surface area contributed by atoms with Crippen LogP contribution in [0.25, 0.3) is 0 Å². The Morgan fingerprint density at radius 1 is 1.62 bits per heavy atom. The van der Waals surface area contributed by atoms with Gasteiger partial charge >= 0.3 is 10.2 Å². The van der Waals surface area contributed by atoms with Crippen molar-refractivity contribution in [3.05, 3.63) is 0 Å². The summed E-state index contributed by atoms with van der Waals surface area (Å²) in [5.74, 6) is -0.681. The summed E-state index contributed by atoms with van der Waals surface area (Å²) < 4.78 is 32.5. The zero-order chi connectivity index (χ0) is 10.1. The van der Waals surface area contributed by atoms with Crippen LogP contribution in [0.15, 0.2) is 0 Å². The van der Waals surface area contributed by atoms with Crippen molar-refractivity contribution < 1.29 is 17.1 Å². The molecule has 1 fully saturated rings. The lowest BCUT2D eigenvalue weighted by Crippen LogP contribution is -2.34. The van der Waals surface area contributed by atoms with E-state index < -0.39 is 16.0 Å². The summed E-state index contributed by atoms with van der Waals surface area (Å²) in [5.41, 5.74) is 0. The molecule has 0 saturated carbocycles. The van der Waals surface area contributed by atoms with Gasteiger partial charge in [0, 0.05) is 19.0 Å². The molecule has 0 aromatic rings. The fraction of sp³-hybridized carbons (Fsp3) is 0.857. The van der Waals surface area contributed by atoms with Gasteiger partial charge < -0.3 is 4.90 Å². The average Bonchev–Trinajstić information content (AvgIpc) is 2.27. The Bertz CT molecular complexity index is 301. The molecule has 1 amide bonds. The largest absolute Gasteiger partial charge is 0.339 e. The molecule has 1 unspecified atom stereocenters. The normalized spacial score (nSPS) is 24.0. The quantitative estimate of drug-likeness (QED) is 0.628. The molecule has 1 heterocycles.